The minimum atomic E-state index is -0.156. The largest absolute Gasteiger partial charge is 0.380 e. The van der Waals surface area contributed by atoms with Crippen molar-refractivity contribution in [3.05, 3.63) is 34.9 Å². The number of carbonyl (C=O) groups excluding carboxylic acids is 2. The number of hydrogen-bond acceptors (Lipinski definition) is 3. The number of rotatable bonds is 2. The summed E-state index contributed by atoms with van der Waals surface area (Å²) in [6.07, 6.45) is 0. The summed E-state index contributed by atoms with van der Waals surface area (Å²) >= 11 is 0. The van der Waals surface area contributed by atoms with Crippen molar-refractivity contribution in [3.63, 3.8) is 0 Å². The quantitative estimate of drug-likeness (QED) is 0.897. The summed E-state index contributed by atoms with van der Waals surface area (Å²) in [6, 6.07) is 5.83. The van der Waals surface area contributed by atoms with Crippen LogP contribution in [0.1, 0.15) is 21.5 Å². The molecule has 1 aromatic rings. The van der Waals surface area contributed by atoms with Gasteiger partial charge in [-0.15, -0.1) is 0 Å². The molecule has 3 atom stereocenters. The van der Waals surface area contributed by atoms with Gasteiger partial charge in [-0.3, -0.25) is 9.59 Å². The Kier molecular flexibility index (Phi) is 4.39. The van der Waals surface area contributed by atoms with E-state index in [1.807, 2.05) is 36.9 Å². The van der Waals surface area contributed by atoms with E-state index in [4.69, 9.17) is 4.74 Å². The molecular formula is C18H24N2O3. The summed E-state index contributed by atoms with van der Waals surface area (Å²) < 4.78 is 5.59. The van der Waals surface area contributed by atoms with E-state index in [0.717, 1.165) is 11.1 Å². The van der Waals surface area contributed by atoms with Gasteiger partial charge in [0.1, 0.15) is 0 Å². The summed E-state index contributed by atoms with van der Waals surface area (Å²) in [6.45, 7) is 6.45. The van der Waals surface area contributed by atoms with Crippen molar-refractivity contribution in [2.24, 2.45) is 17.8 Å². The Bertz CT molecular complexity index is 629. The molecule has 0 aliphatic carbocycles. The maximum absolute atomic E-state index is 12.8. The molecule has 0 bridgehead atoms. The minimum absolute atomic E-state index is 0.0141. The van der Waals surface area contributed by atoms with Crippen LogP contribution in [0.4, 0.5) is 0 Å². The van der Waals surface area contributed by atoms with Crippen LogP contribution in [0.2, 0.25) is 0 Å². The molecular weight excluding hydrogens is 292 g/mol. The summed E-state index contributed by atoms with van der Waals surface area (Å²) in [5.74, 6) is 0.357. The average Bonchev–Trinajstić information content (AvgIpc) is 3.00. The lowest BCUT2D eigenvalue weighted by Gasteiger charge is -2.31. The van der Waals surface area contributed by atoms with Crippen LogP contribution in [0.25, 0.3) is 0 Å². The van der Waals surface area contributed by atoms with Gasteiger partial charge in [-0.1, -0.05) is 6.07 Å². The fourth-order valence-corrected chi connectivity index (χ4v) is 3.68. The Labute approximate surface area is 137 Å². The molecule has 2 heterocycles. The van der Waals surface area contributed by atoms with Gasteiger partial charge in [0.05, 0.1) is 19.1 Å². The number of ether oxygens (including phenoxy) is 1. The van der Waals surface area contributed by atoms with Crippen molar-refractivity contribution in [1.82, 2.24) is 10.2 Å². The van der Waals surface area contributed by atoms with E-state index in [0.29, 0.717) is 26.3 Å². The Morgan fingerprint density at radius 3 is 2.65 bits per heavy atom. The molecule has 1 N–H and O–H groups in total. The zero-order valence-corrected chi connectivity index (χ0v) is 14.0. The predicted molar refractivity (Wildman–Crippen MR) is 87.2 cm³/mol. The third kappa shape index (κ3) is 2.98. The van der Waals surface area contributed by atoms with Gasteiger partial charge < -0.3 is 15.0 Å². The molecule has 0 spiro atoms. The SMILES string of the molecule is CNC(=O)[C@@H]1COC[C@H]2CN(C(=O)c3ccc(C)c(C)c3)C[C@H]21. The summed E-state index contributed by atoms with van der Waals surface area (Å²) in [5.41, 5.74) is 3.04. The molecule has 3 rings (SSSR count). The maximum Gasteiger partial charge on any atom is 0.253 e. The molecule has 5 heteroatoms. The number of benzene rings is 1. The van der Waals surface area contributed by atoms with E-state index in [-0.39, 0.29) is 29.6 Å². The molecule has 2 fully saturated rings. The first-order valence-electron chi connectivity index (χ1n) is 8.17. The van der Waals surface area contributed by atoms with Crippen LogP contribution in [0.15, 0.2) is 18.2 Å². The first-order chi connectivity index (χ1) is 11.0. The number of hydrogen-bond donors (Lipinski definition) is 1. The Balaban J connectivity index is 1.76. The lowest BCUT2D eigenvalue weighted by Crippen LogP contribution is -2.43. The topological polar surface area (TPSA) is 58.6 Å². The highest BCUT2D eigenvalue weighted by molar-refractivity contribution is 5.94. The van der Waals surface area contributed by atoms with Gasteiger partial charge in [-0.05, 0) is 43.0 Å². The monoisotopic (exact) mass is 316 g/mol. The molecule has 2 amide bonds. The van der Waals surface area contributed by atoms with E-state index in [2.05, 4.69) is 5.32 Å². The highest BCUT2D eigenvalue weighted by atomic mass is 16.5. The molecule has 0 aromatic heterocycles. The Morgan fingerprint density at radius 2 is 1.96 bits per heavy atom. The number of likely N-dealkylation sites (tertiary alicyclic amines) is 1. The minimum Gasteiger partial charge on any atom is -0.380 e. The smallest absolute Gasteiger partial charge is 0.253 e. The van der Waals surface area contributed by atoms with Gasteiger partial charge >= 0.3 is 0 Å². The normalized spacial score (nSPS) is 26.7. The van der Waals surface area contributed by atoms with Crippen LogP contribution in [0.5, 0.6) is 0 Å². The van der Waals surface area contributed by atoms with E-state index in [9.17, 15) is 9.59 Å². The van der Waals surface area contributed by atoms with Crippen molar-refractivity contribution in [3.8, 4) is 0 Å². The van der Waals surface area contributed by atoms with Crippen molar-refractivity contribution >= 4 is 11.8 Å². The zero-order chi connectivity index (χ0) is 16.6. The third-order valence-corrected chi connectivity index (χ3v) is 5.26. The van der Waals surface area contributed by atoms with Gasteiger partial charge in [0.25, 0.3) is 5.91 Å². The van der Waals surface area contributed by atoms with Gasteiger partial charge in [0.2, 0.25) is 5.91 Å². The van der Waals surface area contributed by atoms with E-state index >= 15 is 0 Å². The number of nitrogens with zero attached hydrogens (tertiary/aromatic N) is 1. The summed E-state index contributed by atoms with van der Waals surface area (Å²) in [7, 11) is 1.65. The first kappa shape index (κ1) is 16.0. The van der Waals surface area contributed by atoms with Gasteiger partial charge in [-0.2, -0.15) is 0 Å². The number of nitrogens with one attached hydrogen (secondary N) is 1. The van der Waals surface area contributed by atoms with Crippen molar-refractivity contribution in [2.75, 3.05) is 33.4 Å². The molecule has 2 aliphatic rings. The fourth-order valence-electron chi connectivity index (χ4n) is 3.68. The summed E-state index contributed by atoms with van der Waals surface area (Å²) in [4.78, 5) is 26.7. The second-order valence-corrected chi connectivity index (χ2v) is 6.69. The molecule has 0 unspecified atom stereocenters. The molecule has 5 nitrogen and oxygen atoms in total. The van der Waals surface area contributed by atoms with Crippen molar-refractivity contribution < 1.29 is 14.3 Å². The fraction of sp³-hybridized carbons (Fsp3) is 0.556. The highest BCUT2D eigenvalue weighted by Gasteiger charge is 2.45. The lowest BCUT2D eigenvalue weighted by molar-refractivity contribution is -0.133. The maximum atomic E-state index is 12.8. The molecule has 0 radical (unpaired) electrons. The van der Waals surface area contributed by atoms with E-state index < -0.39 is 0 Å². The van der Waals surface area contributed by atoms with Gasteiger partial charge in [-0.25, -0.2) is 0 Å². The molecule has 2 saturated heterocycles. The molecule has 23 heavy (non-hydrogen) atoms. The van der Waals surface area contributed by atoms with Crippen LogP contribution in [0, 0.1) is 31.6 Å². The van der Waals surface area contributed by atoms with Crippen LogP contribution in [0.3, 0.4) is 0 Å². The van der Waals surface area contributed by atoms with Crippen LogP contribution < -0.4 is 5.32 Å². The molecule has 2 aliphatic heterocycles. The molecule has 124 valence electrons. The van der Waals surface area contributed by atoms with Crippen LogP contribution >= 0.6 is 0 Å². The predicted octanol–water partition coefficient (Wildman–Crippen LogP) is 1.38. The molecule has 0 saturated carbocycles. The Hall–Kier alpha value is -1.88. The Morgan fingerprint density at radius 1 is 1.17 bits per heavy atom. The second-order valence-electron chi connectivity index (χ2n) is 6.69. The van der Waals surface area contributed by atoms with Crippen molar-refractivity contribution in [2.45, 2.75) is 13.8 Å². The lowest BCUT2D eigenvalue weighted by atomic mass is 9.82. The highest BCUT2D eigenvalue weighted by Crippen LogP contribution is 2.35. The standard InChI is InChI=1S/C18H24N2O3/c1-11-4-5-13(6-12(11)2)18(22)20-7-14-9-23-10-16(15(14)8-20)17(21)19-3/h4-6,14-16H,7-10H2,1-3H3,(H,19,21)/t14-,15-,16-/m1/s1. The second kappa shape index (κ2) is 6.32. The van der Waals surface area contributed by atoms with Gasteiger partial charge in [0.15, 0.2) is 0 Å². The van der Waals surface area contributed by atoms with Gasteiger partial charge in [0, 0.05) is 31.6 Å². The first-order valence-corrected chi connectivity index (χ1v) is 8.17. The number of fused-ring (bicyclic) bond motifs is 1. The van der Waals surface area contributed by atoms with Crippen molar-refractivity contribution in [1.29, 1.82) is 0 Å². The van der Waals surface area contributed by atoms with E-state index in [1.54, 1.807) is 7.05 Å². The number of carbonyl (C=O) groups is 2. The number of amides is 2. The zero-order valence-electron chi connectivity index (χ0n) is 14.0. The third-order valence-electron chi connectivity index (χ3n) is 5.26. The van der Waals surface area contributed by atoms with Crippen LogP contribution in [-0.4, -0.2) is 50.1 Å². The average molecular weight is 316 g/mol. The summed E-state index contributed by atoms with van der Waals surface area (Å²) in [5, 5.41) is 2.71. The number of aryl methyl sites for hydroxylation is 2. The molecule has 1 aromatic carbocycles. The van der Waals surface area contributed by atoms with E-state index in [1.165, 1.54) is 5.56 Å². The van der Waals surface area contributed by atoms with Crippen LogP contribution in [-0.2, 0) is 9.53 Å².